The molecular formula is C27H30FNO5. The van der Waals surface area contributed by atoms with E-state index in [4.69, 9.17) is 9.47 Å². The van der Waals surface area contributed by atoms with E-state index in [9.17, 15) is 19.4 Å². The molecule has 2 N–H and O–H groups in total. The molecule has 0 unspecified atom stereocenters. The fraction of sp³-hybridized carbons (Fsp3) is 0.444. The van der Waals surface area contributed by atoms with Crippen molar-refractivity contribution in [3.05, 3.63) is 59.0 Å². The molecule has 0 spiro atoms. The third-order valence-electron chi connectivity index (χ3n) is 7.59. The number of fused-ring (bicyclic) bond motifs is 1. The first kappa shape index (κ1) is 22.9. The van der Waals surface area contributed by atoms with Crippen LogP contribution < -0.4 is 0 Å². The Morgan fingerprint density at radius 2 is 1.91 bits per heavy atom. The van der Waals surface area contributed by atoms with Crippen molar-refractivity contribution in [2.45, 2.75) is 44.4 Å². The monoisotopic (exact) mass is 467 g/mol. The number of carboxylic acids is 1. The van der Waals surface area contributed by atoms with Gasteiger partial charge in [0.25, 0.3) is 0 Å². The average molecular weight is 468 g/mol. The number of hydrogen-bond donors (Lipinski definition) is 2. The van der Waals surface area contributed by atoms with Gasteiger partial charge in [-0.25, -0.2) is 4.39 Å². The minimum Gasteiger partial charge on any atom is -0.508 e. The summed E-state index contributed by atoms with van der Waals surface area (Å²) in [4.78, 5) is 12.1. The number of rotatable bonds is 6. The number of aromatic hydroxyl groups is 1. The second-order valence-electron chi connectivity index (χ2n) is 9.78. The van der Waals surface area contributed by atoms with Gasteiger partial charge < -0.3 is 24.3 Å². The summed E-state index contributed by atoms with van der Waals surface area (Å²) in [6, 6.07) is 10.5. The van der Waals surface area contributed by atoms with Crippen LogP contribution >= 0.6 is 0 Å². The van der Waals surface area contributed by atoms with E-state index in [-0.39, 0.29) is 30.0 Å². The van der Waals surface area contributed by atoms with Crippen molar-refractivity contribution >= 4 is 16.9 Å². The third kappa shape index (κ3) is 3.67. The summed E-state index contributed by atoms with van der Waals surface area (Å²) < 4.78 is 27.2. The van der Waals surface area contributed by atoms with E-state index < -0.39 is 11.4 Å². The van der Waals surface area contributed by atoms with Gasteiger partial charge in [0.15, 0.2) is 0 Å². The normalized spacial score (nSPS) is 23.2. The van der Waals surface area contributed by atoms with Crippen molar-refractivity contribution in [2.24, 2.45) is 5.41 Å². The highest BCUT2D eigenvalue weighted by Gasteiger charge is 2.52. The van der Waals surface area contributed by atoms with Crippen LogP contribution in [-0.2, 0) is 14.3 Å². The maximum atomic E-state index is 14.1. The summed E-state index contributed by atoms with van der Waals surface area (Å²) in [6.45, 7) is 3.25. The third-order valence-corrected chi connectivity index (χ3v) is 7.59. The summed E-state index contributed by atoms with van der Waals surface area (Å²) in [6.07, 6.45) is 2.65. The number of carboxylic acid groups (broad SMARTS) is 1. The Bertz CT molecular complexity index is 1240. The molecule has 6 nitrogen and oxygen atoms in total. The number of benzene rings is 2. The molecule has 0 atom stereocenters. The Morgan fingerprint density at radius 3 is 2.56 bits per heavy atom. The number of nitrogens with zero attached hydrogens (tertiary/aromatic N) is 1. The molecule has 1 saturated heterocycles. The zero-order valence-electron chi connectivity index (χ0n) is 19.5. The van der Waals surface area contributed by atoms with Crippen LogP contribution in [0.25, 0.3) is 16.6 Å². The van der Waals surface area contributed by atoms with E-state index in [1.54, 1.807) is 25.1 Å². The smallest absolute Gasteiger partial charge is 0.312 e. The van der Waals surface area contributed by atoms with Gasteiger partial charge in [0, 0.05) is 43.0 Å². The molecule has 1 saturated carbocycles. The van der Waals surface area contributed by atoms with Gasteiger partial charge in [-0.3, -0.25) is 4.79 Å². The maximum absolute atomic E-state index is 14.1. The van der Waals surface area contributed by atoms with Crippen molar-refractivity contribution in [1.29, 1.82) is 0 Å². The van der Waals surface area contributed by atoms with Crippen LogP contribution in [0.5, 0.6) is 5.75 Å². The van der Waals surface area contributed by atoms with Crippen molar-refractivity contribution in [2.75, 3.05) is 26.9 Å². The Morgan fingerprint density at radius 1 is 1.18 bits per heavy atom. The van der Waals surface area contributed by atoms with Crippen LogP contribution in [0.4, 0.5) is 4.39 Å². The quantitative estimate of drug-likeness (QED) is 0.516. The fourth-order valence-electron chi connectivity index (χ4n) is 5.89. The number of aliphatic carboxylic acids is 1. The molecular weight excluding hydrogens is 437 g/mol. The lowest BCUT2D eigenvalue weighted by atomic mass is 9.59. The molecule has 1 aromatic heterocycles. The maximum Gasteiger partial charge on any atom is 0.312 e. The summed E-state index contributed by atoms with van der Waals surface area (Å²) in [5.41, 5.74) is 3.67. The molecule has 3 aromatic rings. The van der Waals surface area contributed by atoms with Crippen molar-refractivity contribution in [3.63, 3.8) is 0 Å². The number of methoxy groups -OCH3 is 1. The molecule has 2 heterocycles. The van der Waals surface area contributed by atoms with E-state index in [1.807, 2.05) is 12.1 Å². The Balaban J connectivity index is 1.73. The van der Waals surface area contributed by atoms with Gasteiger partial charge in [-0.05, 0) is 86.1 Å². The number of hydrogen-bond acceptors (Lipinski definition) is 4. The minimum absolute atomic E-state index is 0.0243. The lowest BCUT2D eigenvalue weighted by Crippen LogP contribution is -2.46. The molecule has 2 aliphatic rings. The van der Waals surface area contributed by atoms with Crippen LogP contribution in [0, 0.1) is 18.2 Å². The van der Waals surface area contributed by atoms with Gasteiger partial charge in [-0.1, -0.05) is 0 Å². The standard InChI is InChI=1S/C27H30FNO5/c1-16-11-19(3-5-22(16)28)29-23-6-4-20(30)12-21(23)24(25(29)17-7-9-34-10-8-17)18-13-27(14-18,15-33-2)26(31)32/h3-6,11-12,17-18,30H,7-10,13-15H2,1-2H3,(H,31,32)/t18-,27-. The van der Waals surface area contributed by atoms with Crippen molar-refractivity contribution in [3.8, 4) is 11.4 Å². The summed E-state index contributed by atoms with van der Waals surface area (Å²) in [7, 11) is 1.53. The van der Waals surface area contributed by atoms with Crippen LogP contribution in [0.3, 0.4) is 0 Å². The van der Waals surface area contributed by atoms with E-state index in [2.05, 4.69) is 4.57 Å². The van der Waals surface area contributed by atoms with Gasteiger partial charge in [0.2, 0.25) is 0 Å². The van der Waals surface area contributed by atoms with Crippen molar-refractivity contribution < 1.29 is 28.9 Å². The molecule has 5 rings (SSSR count). The lowest BCUT2D eigenvalue weighted by molar-refractivity contribution is -0.160. The highest BCUT2D eigenvalue weighted by Crippen LogP contribution is 2.56. The highest BCUT2D eigenvalue weighted by molar-refractivity contribution is 5.90. The van der Waals surface area contributed by atoms with Gasteiger partial charge in [0.05, 0.1) is 17.5 Å². The van der Waals surface area contributed by atoms with Gasteiger partial charge in [-0.2, -0.15) is 0 Å². The molecule has 0 bridgehead atoms. The van der Waals surface area contributed by atoms with Crippen LogP contribution in [0.15, 0.2) is 36.4 Å². The Hall–Kier alpha value is -2.90. The largest absolute Gasteiger partial charge is 0.508 e. The van der Waals surface area contributed by atoms with Gasteiger partial charge >= 0.3 is 5.97 Å². The zero-order chi connectivity index (χ0) is 24.0. The number of aromatic nitrogens is 1. The second kappa shape index (κ2) is 8.71. The van der Waals surface area contributed by atoms with E-state index in [0.717, 1.165) is 40.7 Å². The zero-order valence-corrected chi connectivity index (χ0v) is 19.5. The number of aryl methyl sites for hydroxylation is 1. The van der Waals surface area contributed by atoms with Crippen LogP contribution in [0.2, 0.25) is 0 Å². The molecule has 0 amide bonds. The lowest BCUT2D eigenvalue weighted by Gasteiger charge is -2.45. The van der Waals surface area contributed by atoms with Crippen molar-refractivity contribution in [1.82, 2.24) is 4.57 Å². The molecule has 7 heteroatoms. The fourth-order valence-corrected chi connectivity index (χ4v) is 5.89. The molecule has 180 valence electrons. The number of phenols is 1. The van der Waals surface area contributed by atoms with Crippen LogP contribution in [-0.4, -0.2) is 47.7 Å². The number of halogens is 1. The summed E-state index contributed by atoms with van der Waals surface area (Å²) in [5, 5.41) is 21.2. The van der Waals surface area contributed by atoms with Crippen LogP contribution in [0.1, 0.15) is 54.3 Å². The van der Waals surface area contributed by atoms with E-state index >= 15 is 0 Å². The topological polar surface area (TPSA) is 80.9 Å². The van der Waals surface area contributed by atoms with E-state index in [1.165, 1.54) is 13.2 Å². The number of ether oxygens (including phenoxy) is 2. The number of carbonyl (C=O) groups is 1. The SMILES string of the molecule is COC[C@]1(C(=O)O)C[C@H](c2c(C3CCOCC3)n(-c3ccc(F)c(C)c3)c3ccc(O)cc32)C1. The first-order chi connectivity index (χ1) is 16.3. The van der Waals surface area contributed by atoms with E-state index in [0.29, 0.717) is 31.6 Å². The van der Waals surface area contributed by atoms with Gasteiger partial charge in [-0.15, -0.1) is 0 Å². The first-order valence-electron chi connectivity index (χ1n) is 11.8. The minimum atomic E-state index is -0.899. The average Bonchev–Trinajstić information content (AvgIpc) is 3.12. The molecule has 34 heavy (non-hydrogen) atoms. The molecule has 1 aliphatic heterocycles. The predicted octanol–water partition coefficient (Wildman–Crippen LogP) is 5.27. The van der Waals surface area contributed by atoms with Gasteiger partial charge in [0.1, 0.15) is 11.6 Å². The summed E-state index contributed by atoms with van der Waals surface area (Å²) >= 11 is 0. The predicted molar refractivity (Wildman–Crippen MR) is 126 cm³/mol. The molecule has 0 radical (unpaired) electrons. The Kier molecular flexibility index (Phi) is 5.86. The molecule has 2 aromatic carbocycles. The molecule has 2 fully saturated rings. The number of phenolic OH excluding ortho intramolecular Hbond substituents is 1. The summed E-state index contributed by atoms with van der Waals surface area (Å²) in [5.74, 6) is -0.683. The Labute approximate surface area is 197 Å². The second-order valence-corrected chi connectivity index (χ2v) is 9.78. The first-order valence-corrected chi connectivity index (χ1v) is 11.8. The molecule has 1 aliphatic carbocycles. The highest BCUT2D eigenvalue weighted by atomic mass is 19.1.